The molecule has 3 aliphatic rings. The van der Waals surface area contributed by atoms with Gasteiger partial charge in [0.15, 0.2) is 17.2 Å². The number of hydrogen-bond donors (Lipinski definition) is 0. The highest BCUT2D eigenvalue weighted by Crippen LogP contribution is 2.58. The van der Waals surface area contributed by atoms with Crippen LogP contribution in [0.2, 0.25) is 0 Å². The van der Waals surface area contributed by atoms with Crippen molar-refractivity contribution in [1.29, 1.82) is 0 Å². The van der Waals surface area contributed by atoms with Crippen LogP contribution < -0.4 is 0 Å². The fourth-order valence-electron chi connectivity index (χ4n) is 5.94. The van der Waals surface area contributed by atoms with Crippen LogP contribution in [0.5, 0.6) is 0 Å². The minimum absolute atomic E-state index is 0.00184. The molecule has 2 saturated carbocycles. The Hall–Kier alpha value is -1.97. The van der Waals surface area contributed by atoms with Crippen LogP contribution in [-0.2, 0) is 19.1 Å². The summed E-state index contributed by atoms with van der Waals surface area (Å²) in [7, 11) is 0. The molecule has 0 aromatic heterocycles. The van der Waals surface area contributed by atoms with Gasteiger partial charge in [0.25, 0.3) is 0 Å². The van der Waals surface area contributed by atoms with Crippen molar-refractivity contribution >= 4 is 17.5 Å². The SMILES string of the molecule is CC(C)[C@@H](C)/C=C/[C@H](C)[C@H]1CC[C@H]2/C(=C/C(=O)O[C@]3(C)CCC=CC3=O)C(=O)CC[C@]12C. The zero-order valence-electron chi connectivity index (χ0n) is 20.6. The van der Waals surface area contributed by atoms with Gasteiger partial charge in [0.1, 0.15) is 0 Å². The lowest BCUT2D eigenvalue weighted by Gasteiger charge is -2.43. The molecule has 0 radical (unpaired) electrons. The Labute approximate surface area is 193 Å². The molecule has 4 heteroatoms. The Morgan fingerprint density at radius 1 is 1.09 bits per heavy atom. The van der Waals surface area contributed by atoms with Gasteiger partial charge in [-0.15, -0.1) is 0 Å². The van der Waals surface area contributed by atoms with Crippen LogP contribution in [0.4, 0.5) is 0 Å². The van der Waals surface area contributed by atoms with E-state index >= 15 is 0 Å². The second kappa shape index (κ2) is 9.49. The van der Waals surface area contributed by atoms with Crippen LogP contribution in [0.3, 0.4) is 0 Å². The third-order valence-electron chi connectivity index (χ3n) is 8.58. The zero-order chi connectivity index (χ0) is 23.7. The van der Waals surface area contributed by atoms with Crippen molar-refractivity contribution in [1.82, 2.24) is 0 Å². The molecule has 6 atom stereocenters. The molecule has 0 N–H and O–H groups in total. The number of Topliss-reactive ketones (excluding diaryl/α,β-unsaturated/α-hetero) is 1. The predicted molar refractivity (Wildman–Crippen MR) is 127 cm³/mol. The van der Waals surface area contributed by atoms with E-state index in [1.165, 1.54) is 12.2 Å². The molecule has 4 nitrogen and oxygen atoms in total. The summed E-state index contributed by atoms with van der Waals surface area (Å²) >= 11 is 0. The van der Waals surface area contributed by atoms with Crippen LogP contribution >= 0.6 is 0 Å². The van der Waals surface area contributed by atoms with Crippen LogP contribution in [0, 0.1) is 35.0 Å². The van der Waals surface area contributed by atoms with Crippen LogP contribution in [0.25, 0.3) is 0 Å². The number of carbonyl (C=O) groups excluding carboxylic acids is 3. The fourth-order valence-corrected chi connectivity index (χ4v) is 5.94. The first kappa shape index (κ1) is 24.7. The average Bonchev–Trinajstić information content (AvgIpc) is 3.08. The maximum atomic E-state index is 12.8. The Morgan fingerprint density at radius 3 is 2.47 bits per heavy atom. The molecule has 0 bridgehead atoms. The van der Waals surface area contributed by atoms with Gasteiger partial charge in [0.2, 0.25) is 0 Å². The second-order valence-electron chi connectivity index (χ2n) is 11.1. The van der Waals surface area contributed by atoms with E-state index in [1.807, 2.05) is 6.08 Å². The van der Waals surface area contributed by atoms with Crippen molar-refractivity contribution in [3.63, 3.8) is 0 Å². The number of fused-ring (bicyclic) bond motifs is 1. The van der Waals surface area contributed by atoms with Crippen LogP contribution in [0.15, 0.2) is 36.0 Å². The summed E-state index contributed by atoms with van der Waals surface area (Å²) < 4.78 is 5.61. The lowest BCUT2D eigenvalue weighted by molar-refractivity contribution is -0.160. The first-order chi connectivity index (χ1) is 15.0. The number of carbonyl (C=O) groups is 3. The van der Waals surface area contributed by atoms with E-state index in [2.05, 4.69) is 46.8 Å². The molecule has 32 heavy (non-hydrogen) atoms. The molecule has 2 fully saturated rings. The molecule has 0 aromatic carbocycles. The van der Waals surface area contributed by atoms with Gasteiger partial charge in [-0.05, 0) is 80.1 Å². The summed E-state index contributed by atoms with van der Waals surface area (Å²) in [6.45, 7) is 13.0. The summed E-state index contributed by atoms with van der Waals surface area (Å²) in [5.41, 5.74) is -0.521. The zero-order valence-corrected chi connectivity index (χ0v) is 20.6. The minimum Gasteiger partial charge on any atom is -0.448 e. The van der Waals surface area contributed by atoms with Crippen molar-refractivity contribution < 1.29 is 19.1 Å². The number of hydrogen-bond acceptors (Lipinski definition) is 4. The summed E-state index contributed by atoms with van der Waals surface area (Å²) in [5.74, 6) is 1.46. The summed E-state index contributed by atoms with van der Waals surface area (Å²) in [4.78, 5) is 37.9. The van der Waals surface area contributed by atoms with Gasteiger partial charge in [-0.1, -0.05) is 52.8 Å². The van der Waals surface area contributed by atoms with Gasteiger partial charge in [0, 0.05) is 18.1 Å². The molecule has 0 aromatic rings. The van der Waals surface area contributed by atoms with E-state index in [4.69, 9.17) is 4.74 Å². The highest BCUT2D eigenvalue weighted by molar-refractivity contribution is 6.03. The van der Waals surface area contributed by atoms with E-state index in [0.717, 1.165) is 19.3 Å². The van der Waals surface area contributed by atoms with Crippen molar-refractivity contribution in [2.75, 3.05) is 0 Å². The van der Waals surface area contributed by atoms with Gasteiger partial charge in [-0.3, -0.25) is 9.59 Å². The van der Waals surface area contributed by atoms with E-state index in [0.29, 0.717) is 48.5 Å². The molecule has 0 heterocycles. The van der Waals surface area contributed by atoms with Gasteiger partial charge >= 0.3 is 5.97 Å². The average molecular weight is 441 g/mol. The first-order valence-corrected chi connectivity index (χ1v) is 12.3. The predicted octanol–water partition coefficient (Wildman–Crippen LogP) is 6.01. The number of ketones is 2. The quantitative estimate of drug-likeness (QED) is 0.288. The first-order valence-electron chi connectivity index (χ1n) is 12.3. The van der Waals surface area contributed by atoms with Gasteiger partial charge in [-0.2, -0.15) is 0 Å². The Kier molecular flexibility index (Phi) is 7.31. The standard InChI is InChI=1S/C28H40O4/c1-18(2)19(3)10-11-20(4)22-12-13-23-21(24(29)14-16-27(22,23)5)17-26(31)32-28(6)15-8-7-9-25(28)30/h7,9-11,17-20,22-23H,8,12-16H2,1-6H3/b11-10+,21-17-/t19-,20-,22+,23-,27+,28+/m0/s1. The maximum absolute atomic E-state index is 12.8. The summed E-state index contributed by atoms with van der Waals surface area (Å²) in [6.07, 6.45) is 13.9. The van der Waals surface area contributed by atoms with Crippen molar-refractivity contribution in [3.05, 3.63) is 36.0 Å². The topological polar surface area (TPSA) is 60.4 Å². The minimum atomic E-state index is -1.13. The molecule has 0 aliphatic heterocycles. The van der Waals surface area contributed by atoms with E-state index < -0.39 is 11.6 Å². The number of esters is 1. The van der Waals surface area contributed by atoms with Gasteiger partial charge in [-0.25, -0.2) is 4.79 Å². The monoisotopic (exact) mass is 440 g/mol. The van der Waals surface area contributed by atoms with Gasteiger partial charge < -0.3 is 4.74 Å². The molecule has 0 unspecified atom stereocenters. The second-order valence-corrected chi connectivity index (χ2v) is 11.1. The summed E-state index contributed by atoms with van der Waals surface area (Å²) in [5, 5.41) is 0. The third kappa shape index (κ3) is 4.84. The number of rotatable bonds is 6. The highest BCUT2D eigenvalue weighted by Gasteiger charge is 2.52. The molecular formula is C28H40O4. The largest absolute Gasteiger partial charge is 0.448 e. The van der Waals surface area contributed by atoms with Crippen LogP contribution in [0.1, 0.15) is 80.1 Å². The third-order valence-corrected chi connectivity index (χ3v) is 8.58. The van der Waals surface area contributed by atoms with E-state index in [9.17, 15) is 14.4 Å². The summed E-state index contributed by atoms with van der Waals surface area (Å²) in [6, 6.07) is 0. The molecule has 0 spiro atoms. The molecule has 0 saturated heterocycles. The Morgan fingerprint density at radius 2 is 1.81 bits per heavy atom. The smallest absolute Gasteiger partial charge is 0.332 e. The number of allylic oxidation sites excluding steroid dienone is 4. The molecule has 3 aliphatic carbocycles. The van der Waals surface area contributed by atoms with E-state index in [1.54, 1.807) is 6.92 Å². The number of ether oxygens (including phenoxy) is 1. The Balaban J connectivity index is 1.78. The van der Waals surface area contributed by atoms with Crippen molar-refractivity contribution in [2.45, 2.75) is 85.7 Å². The Bertz CT molecular complexity index is 847. The fraction of sp³-hybridized carbons (Fsp3) is 0.679. The molecular weight excluding hydrogens is 400 g/mol. The molecule has 176 valence electrons. The normalized spacial score (nSPS) is 36.0. The molecule has 0 amide bonds. The lowest BCUT2D eigenvalue weighted by atomic mass is 9.61. The van der Waals surface area contributed by atoms with Crippen molar-refractivity contribution in [3.8, 4) is 0 Å². The van der Waals surface area contributed by atoms with Crippen LogP contribution in [-0.4, -0.2) is 23.1 Å². The lowest BCUT2D eigenvalue weighted by Crippen LogP contribution is -2.41. The van der Waals surface area contributed by atoms with Crippen molar-refractivity contribution in [2.24, 2.45) is 35.0 Å². The van der Waals surface area contributed by atoms with E-state index in [-0.39, 0.29) is 22.9 Å². The maximum Gasteiger partial charge on any atom is 0.332 e. The highest BCUT2D eigenvalue weighted by atomic mass is 16.6. The van der Waals surface area contributed by atoms with Gasteiger partial charge in [0.05, 0.1) is 0 Å². The molecule has 3 rings (SSSR count).